The van der Waals surface area contributed by atoms with Crippen molar-refractivity contribution in [1.82, 2.24) is 29.7 Å². The Kier molecular flexibility index (Phi) is 4.16. The Morgan fingerprint density at radius 1 is 1.14 bits per heavy atom. The number of hydrogen-bond donors (Lipinski definition) is 0. The Morgan fingerprint density at radius 2 is 1.96 bits per heavy atom. The van der Waals surface area contributed by atoms with Crippen LogP contribution in [0.1, 0.15) is 18.9 Å². The molecular formula is C19H15FN6OS. The van der Waals surface area contributed by atoms with E-state index in [1.807, 2.05) is 12.1 Å². The Hall–Kier alpha value is -3.07. The molecule has 3 aromatic heterocycles. The average Bonchev–Trinajstić information content (AvgIpc) is 3.48. The van der Waals surface area contributed by atoms with Gasteiger partial charge in [-0.1, -0.05) is 0 Å². The van der Waals surface area contributed by atoms with Crippen LogP contribution in [-0.4, -0.2) is 36.8 Å². The third-order valence-corrected chi connectivity index (χ3v) is 5.55. The number of halogens is 1. The lowest BCUT2D eigenvalue weighted by Crippen LogP contribution is -2.00. The van der Waals surface area contributed by atoms with Crippen molar-refractivity contribution in [2.75, 3.05) is 7.11 Å². The zero-order chi connectivity index (χ0) is 19.1. The fraction of sp³-hybridized carbons (Fsp3) is 0.211. The molecule has 5 rings (SSSR count). The van der Waals surface area contributed by atoms with Crippen molar-refractivity contribution in [2.45, 2.75) is 29.1 Å². The van der Waals surface area contributed by atoms with Gasteiger partial charge in [0.25, 0.3) is 0 Å². The molecule has 140 valence electrons. The van der Waals surface area contributed by atoms with Crippen LogP contribution in [0, 0.1) is 5.82 Å². The molecular weight excluding hydrogens is 379 g/mol. The van der Waals surface area contributed by atoms with Gasteiger partial charge in [0.05, 0.1) is 12.6 Å². The van der Waals surface area contributed by atoms with Gasteiger partial charge in [-0.2, -0.15) is 0 Å². The van der Waals surface area contributed by atoms with Crippen LogP contribution in [0.3, 0.4) is 0 Å². The quantitative estimate of drug-likeness (QED) is 0.475. The van der Waals surface area contributed by atoms with Crippen LogP contribution in [0.15, 0.2) is 53.2 Å². The van der Waals surface area contributed by atoms with E-state index in [2.05, 4.69) is 29.7 Å². The van der Waals surface area contributed by atoms with E-state index in [-0.39, 0.29) is 5.75 Å². The number of hydrogen-bond acceptors (Lipinski definition) is 7. The molecule has 0 bridgehead atoms. The maximum absolute atomic E-state index is 14.0. The summed E-state index contributed by atoms with van der Waals surface area (Å²) in [7, 11) is 1.44. The van der Waals surface area contributed by atoms with Crippen molar-refractivity contribution in [3.8, 4) is 17.1 Å². The maximum atomic E-state index is 14.0. The van der Waals surface area contributed by atoms with E-state index in [0.717, 1.165) is 29.4 Å². The second-order valence-corrected chi connectivity index (χ2v) is 7.38. The van der Waals surface area contributed by atoms with Crippen LogP contribution in [0.4, 0.5) is 4.39 Å². The number of pyridine rings is 1. The van der Waals surface area contributed by atoms with Crippen LogP contribution in [0.2, 0.25) is 0 Å². The van der Waals surface area contributed by atoms with Gasteiger partial charge >= 0.3 is 0 Å². The van der Waals surface area contributed by atoms with Crippen LogP contribution >= 0.6 is 11.8 Å². The molecule has 1 fully saturated rings. The normalized spacial score (nSPS) is 13.8. The predicted octanol–water partition coefficient (Wildman–Crippen LogP) is 3.92. The molecule has 3 heterocycles. The number of methoxy groups -OCH3 is 1. The second-order valence-electron chi connectivity index (χ2n) is 6.43. The lowest BCUT2D eigenvalue weighted by atomic mass is 10.2. The molecule has 0 spiro atoms. The molecule has 0 atom stereocenters. The van der Waals surface area contributed by atoms with E-state index in [1.54, 1.807) is 18.5 Å². The minimum Gasteiger partial charge on any atom is -0.494 e. The Labute approximate surface area is 164 Å². The third kappa shape index (κ3) is 2.97. The van der Waals surface area contributed by atoms with Gasteiger partial charge in [-0.3, -0.25) is 9.55 Å². The first kappa shape index (κ1) is 17.1. The first-order valence-corrected chi connectivity index (χ1v) is 9.57. The summed E-state index contributed by atoms with van der Waals surface area (Å²) in [5.74, 6) is 0.519. The van der Waals surface area contributed by atoms with Crippen LogP contribution in [0.25, 0.3) is 22.3 Å². The number of benzene rings is 1. The van der Waals surface area contributed by atoms with Crippen LogP contribution in [0.5, 0.6) is 5.75 Å². The SMILES string of the molecule is COc1cc2c(Sc3nnc(-c4ccncc4)n3C3CC3)ncnc2cc1F. The molecule has 0 radical (unpaired) electrons. The summed E-state index contributed by atoms with van der Waals surface area (Å²) < 4.78 is 21.3. The third-order valence-electron chi connectivity index (χ3n) is 4.58. The zero-order valence-electron chi connectivity index (χ0n) is 14.9. The first-order valence-electron chi connectivity index (χ1n) is 8.76. The lowest BCUT2D eigenvalue weighted by molar-refractivity contribution is 0.387. The van der Waals surface area contributed by atoms with Crippen molar-refractivity contribution in [3.63, 3.8) is 0 Å². The number of rotatable bonds is 5. The van der Waals surface area contributed by atoms with Gasteiger partial charge in [0.1, 0.15) is 11.4 Å². The van der Waals surface area contributed by atoms with Gasteiger partial charge in [-0.05, 0) is 42.8 Å². The molecule has 1 aliphatic carbocycles. The van der Waals surface area contributed by atoms with Gasteiger partial charge in [-0.15, -0.1) is 10.2 Å². The Balaban J connectivity index is 1.60. The average molecular weight is 394 g/mol. The minimum atomic E-state index is -0.453. The van der Waals surface area contributed by atoms with Crippen molar-refractivity contribution in [3.05, 3.63) is 48.8 Å². The van der Waals surface area contributed by atoms with E-state index in [1.165, 1.54) is 31.3 Å². The van der Waals surface area contributed by atoms with Crippen LogP contribution in [-0.2, 0) is 0 Å². The van der Waals surface area contributed by atoms with E-state index >= 15 is 0 Å². The zero-order valence-corrected chi connectivity index (χ0v) is 15.7. The Bertz CT molecular complexity index is 1160. The van der Waals surface area contributed by atoms with Gasteiger partial charge < -0.3 is 4.74 Å². The number of fused-ring (bicyclic) bond motifs is 1. The second kappa shape index (κ2) is 6.83. The summed E-state index contributed by atoms with van der Waals surface area (Å²) in [6.07, 6.45) is 7.10. The highest BCUT2D eigenvalue weighted by Crippen LogP contribution is 2.43. The molecule has 1 aliphatic rings. The van der Waals surface area contributed by atoms with Crippen molar-refractivity contribution >= 4 is 22.7 Å². The summed E-state index contributed by atoms with van der Waals surface area (Å²) in [6.45, 7) is 0. The fourth-order valence-corrected chi connectivity index (χ4v) is 4.03. The topological polar surface area (TPSA) is 78.6 Å². The molecule has 28 heavy (non-hydrogen) atoms. The van der Waals surface area contributed by atoms with E-state index in [0.29, 0.717) is 22.0 Å². The maximum Gasteiger partial charge on any atom is 0.198 e. The van der Waals surface area contributed by atoms with Crippen molar-refractivity contribution in [1.29, 1.82) is 0 Å². The minimum absolute atomic E-state index is 0.158. The monoisotopic (exact) mass is 394 g/mol. The van der Waals surface area contributed by atoms with Crippen molar-refractivity contribution < 1.29 is 9.13 Å². The van der Waals surface area contributed by atoms with E-state index in [9.17, 15) is 4.39 Å². The smallest absolute Gasteiger partial charge is 0.198 e. The molecule has 1 aromatic carbocycles. The molecule has 7 nitrogen and oxygen atoms in total. The summed E-state index contributed by atoms with van der Waals surface area (Å²) in [5.41, 5.74) is 1.49. The van der Waals surface area contributed by atoms with Gasteiger partial charge in [0.2, 0.25) is 0 Å². The molecule has 0 unspecified atom stereocenters. The molecule has 0 aliphatic heterocycles. The largest absolute Gasteiger partial charge is 0.494 e. The molecule has 0 amide bonds. The number of nitrogens with zero attached hydrogens (tertiary/aromatic N) is 6. The van der Waals surface area contributed by atoms with E-state index in [4.69, 9.17) is 4.74 Å². The predicted molar refractivity (Wildman–Crippen MR) is 102 cm³/mol. The number of aromatic nitrogens is 6. The summed E-state index contributed by atoms with van der Waals surface area (Å²) in [6, 6.07) is 7.19. The standard InChI is InChI=1S/C19H15FN6OS/c1-27-16-8-13-15(9-14(16)20)22-10-23-18(13)28-19-25-24-17(26(19)12-2-3-12)11-4-6-21-7-5-11/h4-10,12H,2-3H2,1H3. The molecule has 4 aromatic rings. The van der Waals surface area contributed by atoms with Gasteiger partial charge in [-0.25, -0.2) is 14.4 Å². The highest BCUT2D eigenvalue weighted by atomic mass is 32.2. The van der Waals surface area contributed by atoms with Gasteiger partial charge in [0.15, 0.2) is 22.5 Å². The highest BCUT2D eigenvalue weighted by Gasteiger charge is 2.30. The van der Waals surface area contributed by atoms with Crippen molar-refractivity contribution in [2.24, 2.45) is 0 Å². The summed E-state index contributed by atoms with van der Waals surface area (Å²) >= 11 is 1.40. The molecule has 0 saturated heterocycles. The van der Waals surface area contributed by atoms with Crippen LogP contribution < -0.4 is 4.74 Å². The number of ether oxygens (including phenoxy) is 1. The van der Waals surface area contributed by atoms with Gasteiger partial charge in [0, 0.05) is 35.5 Å². The highest BCUT2D eigenvalue weighted by molar-refractivity contribution is 7.99. The summed E-state index contributed by atoms with van der Waals surface area (Å²) in [4.78, 5) is 12.6. The summed E-state index contributed by atoms with van der Waals surface area (Å²) in [5, 5.41) is 11.0. The molecule has 0 N–H and O–H groups in total. The first-order chi connectivity index (χ1) is 13.7. The van der Waals surface area contributed by atoms with E-state index < -0.39 is 5.82 Å². The fourth-order valence-electron chi connectivity index (χ4n) is 3.06. The lowest BCUT2D eigenvalue weighted by Gasteiger charge is -2.10. The molecule has 9 heteroatoms. The molecule has 1 saturated carbocycles. The Morgan fingerprint density at radius 3 is 2.71 bits per heavy atom.